The average Bonchev–Trinajstić information content (AvgIpc) is 2.62. The van der Waals surface area contributed by atoms with Gasteiger partial charge >= 0.3 is 0 Å². The number of hydrogen-bond donors (Lipinski definition) is 0. The maximum absolute atomic E-state index is 6.21. The first-order chi connectivity index (χ1) is 11.7. The van der Waals surface area contributed by atoms with Gasteiger partial charge < -0.3 is 4.74 Å². The lowest BCUT2D eigenvalue weighted by Gasteiger charge is -2.08. The number of para-hydroxylation sites is 1. The van der Waals surface area contributed by atoms with Gasteiger partial charge in [-0.15, -0.1) is 0 Å². The molecule has 3 aromatic carbocycles. The van der Waals surface area contributed by atoms with E-state index in [0.717, 1.165) is 27.6 Å². The summed E-state index contributed by atoms with van der Waals surface area (Å²) in [6.45, 7) is 2.03. The summed E-state index contributed by atoms with van der Waals surface area (Å²) in [5.41, 5.74) is 2.05. The van der Waals surface area contributed by atoms with E-state index in [1.807, 2.05) is 92.0 Å². The van der Waals surface area contributed by atoms with Crippen molar-refractivity contribution in [1.29, 1.82) is 0 Å². The van der Waals surface area contributed by atoms with Crippen LogP contribution in [0.15, 0.2) is 83.9 Å². The zero-order chi connectivity index (χ0) is 16.8. The Hall–Kier alpha value is -2.58. The summed E-state index contributed by atoms with van der Waals surface area (Å²) in [6.07, 6.45) is 1.86. The lowest BCUT2D eigenvalue weighted by molar-refractivity contribution is 0.482. The second-order valence-electron chi connectivity index (χ2n) is 5.46. The van der Waals surface area contributed by atoms with Crippen molar-refractivity contribution in [3.63, 3.8) is 0 Å². The van der Waals surface area contributed by atoms with Gasteiger partial charge in [0.05, 0.1) is 6.04 Å². The van der Waals surface area contributed by atoms with E-state index in [-0.39, 0.29) is 6.04 Å². The Morgan fingerprint density at radius 1 is 0.833 bits per heavy atom. The molecule has 3 rings (SSSR count). The highest BCUT2D eigenvalue weighted by atomic mass is 35.5. The molecule has 0 N–H and O–H groups in total. The van der Waals surface area contributed by atoms with Crippen LogP contribution in [0.4, 0.5) is 0 Å². The van der Waals surface area contributed by atoms with Crippen molar-refractivity contribution in [2.24, 2.45) is 4.99 Å². The molecule has 0 spiro atoms. The van der Waals surface area contributed by atoms with Crippen LogP contribution in [0.1, 0.15) is 24.1 Å². The SMILES string of the molecule is CC(/N=C/c1ccc(Oc2ccccc2)cc1)c1ccccc1Cl. The topological polar surface area (TPSA) is 21.6 Å². The quantitative estimate of drug-likeness (QED) is 0.500. The molecule has 0 aromatic heterocycles. The van der Waals surface area contributed by atoms with E-state index >= 15 is 0 Å². The first kappa shape index (κ1) is 16.3. The molecule has 0 saturated carbocycles. The summed E-state index contributed by atoms with van der Waals surface area (Å²) >= 11 is 6.21. The second kappa shape index (κ2) is 7.80. The van der Waals surface area contributed by atoms with Gasteiger partial charge in [-0.05, 0) is 60.5 Å². The summed E-state index contributed by atoms with van der Waals surface area (Å²) in [6, 6.07) is 25.4. The summed E-state index contributed by atoms with van der Waals surface area (Å²) < 4.78 is 5.78. The predicted octanol–water partition coefficient (Wildman–Crippen LogP) is 6.31. The molecule has 1 unspecified atom stereocenters. The third-order valence-electron chi connectivity index (χ3n) is 3.66. The summed E-state index contributed by atoms with van der Waals surface area (Å²) in [7, 11) is 0. The zero-order valence-electron chi connectivity index (χ0n) is 13.4. The number of hydrogen-bond acceptors (Lipinski definition) is 2. The van der Waals surface area contributed by atoms with E-state index in [1.165, 1.54) is 0 Å². The number of benzene rings is 3. The lowest BCUT2D eigenvalue weighted by Crippen LogP contribution is -1.92. The lowest BCUT2D eigenvalue weighted by atomic mass is 10.1. The van der Waals surface area contributed by atoms with E-state index in [4.69, 9.17) is 16.3 Å². The summed E-state index contributed by atoms with van der Waals surface area (Å²) in [5, 5.41) is 0.744. The van der Waals surface area contributed by atoms with E-state index < -0.39 is 0 Å². The Bertz CT molecular complexity index is 813. The smallest absolute Gasteiger partial charge is 0.127 e. The average molecular weight is 336 g/mol. The van der Waals surface area contributed by atoms with Crippen LogP contribution < -0.4 is 4.74 Å². The molecular weight excluding hydrogens is 318 g/mol. The van der Waals surface area contributed by atoms with E-state index in [1.54, 1.807) is 0 Å². The molecule has 0 aliphatic carbocycles. The summed E-state index contributed by atoms with van der Waals surface area (Å²) in [4.78, 5) is 4.59. The normalized spacial score (nSPS) is 12.2. The molecule has 0 fully saturated rings. The number of aliphatic imine (C=N–C) groups is 1. The molecular formula is C21H18ClNO. The fourth-order valence-corrected chi connectivity index (χ4v) is 2.63. The molecule has 0 amide bonds. The van der Waals surface area contributed by atoms with Crippen LogP contribution in [0.2, 0.25) is 5.02 Å². The number of halogens is 1. The van der Waals surface area contributed by atoms with Gasteiger partial charge in [0.25, 0.3) is 0 Å². The van der Waals surface area contributed by atoms with Crippen molar-refractivity contribution in [3.05, 3.63) is 95.0 Å². The van der Waals surface area contributed by atoms with Crippen molar-refractivity contribution in [2.75, 3.05) is 0 Å². The highest BCUT2D eigenvalue weighted by Gasteiger charge is 2.06. The molecule has 0 heterocycles. The van der Waals surface area contributed by atoms with Gasteiger partial charge in [0.15, 0.2) is 0 Å². The van der Waals surface area contributed by atoms with Crippen molar-refractivity contribution in [2.45, 2.75) is 13.0 Å². The fraction of sp³-hybridized carbons (Fsp3) is 0.0952. The monoisotopic (exact) mass is 335 g/mol. The minimum atomic E-state index is 0.0129. The van der Waals surface area contributed by atoms with Crippen LogP contribution in [-0.2, 0) is 0 Å². The van der Waals surface area contributed by atoms with Gasteiger partial charge in [0.2, 0.25) is 0 Å². The Balaban J connectivity index is 1.66. The number of rotatable bonds is 5. The molecule has 0 radical (unpaired) electrons. The van der Waals surface area contributed by atoms with E-state index in [2.05, 4.69) is 4.99 Å². The number of ether oxygens (including phenoxy) is 1. The molecule has 24 heavy (non-hydrogen) atoms. The largest absolute Gasteiger partial charge is 0.457 e. The van der Waals surface area contributed by atoms with Crippen molar-refractivity contribution in [1.82, 2.24) is 0 Å². The molecule has 0 aliphatic heterocycles. The maximum atomic E-state index is 6.21. The van der Waals surface area contributed by atoms with Crippen LogP contribution in [-0.4, -0.2) is 6.21 Å². The van der Waals surface area contributed by atoms with Crippen molar-refractivity contribution < 1.29 is 4.74 Å². The molecule has 3 heteroatoms. The molecule has 120 valence electrons. The van der Waals surface area contributed by atoms with E-state index in [0.29, 0.717) is 0 Å². The highest BCUT2D eigenvalue weighted by molar-refractivity contribution is 6.31. The Kier molecular flexibility index (Phi) is 5.29. The Labute approximate surface area is 147 Å². The van der Waals surface area contributed by atoms with Crippen LogP contribution in [0.5, 0.6) is 11.5 Å². The van der Waals surface area contributed by atoms with Crippen LogP contribution in [0.3, 0.4) is 0 Å². The van der Waals surface area contributed by atoms with Gasteiger partial charge in [-0.1, -0.05) is 48.0 Å². The second-order valence-corrected chi connectivity index (χ2v) is 5.87. The van der Waals surface area contributed by atoms with Crippen molar-refractivity contribution >= 4 is 17.8 Å². The van der Waals surface area contributed by atoms with Crippen LogP contribution in [0.25, 0.3) is 0 Å². The summed E-state index contributed by atoms with van der Waals surface area (Å²) in [5.74, 6) is 1.63. The highest BCUT2D eigenvalue weighted by Crippen LogP contribution is 2.25. The van der Waals surface area contributed by atoms with Crippen LogP contribution in [0, 0.1) is 0 Å². The van der Waals surface area contributed by atoms with Gasteiger partial charge in [0.1, 0.15) is 11.5 Å². The Morgan fingerprint density at radius 2 is 1.46 bits per heavy atom. The minimum Gasteiger partial charge on any atom is -0.457 e. The molecule has 3 aromatic rings. The van der Waals surface area contributed by atoms with Gasteiger partial charge in [-0.25, -0.2) is 0 Å². The predicted molar refractivity (Wildman–Crippen MR) is 100 cm³/mol. The van der Waals surface area contributed by atoms with Gasteiger partial charge in [-0.3, -0.25) is 4.99 Å². The van der Waals surface area contributed by atoms with E-state index in [9.17, 15) is 0 Å². The zero-order valence-corrected chi connectivity index (χ0v) is 14.1. The maximum Gasteiger partial charge on any atom is 0.127 e. The third-order valence-corrected chi connectivity index (χ3v) is 4.01. The molecule has 1 atom stereocenters. The minimum absolute atomic E-state index is 0.0129. The van der Waals surface area contributed by atoms with Gasteiger partial charge in [0, 0.05) is 11.2 Å². The standard InChI is InChI=1S/C21H18ClNO/c1-16(20-9-5-6-10-21(20)22)23-15-17-11-13-19(14-12-17)24-18-7-3-2-4-8-18/h2-16H,1H3/b23-15+. The molecule has 0 bridgehead atoms. The fourth-order valence-electron chi connectivity index (χ4n) is 2.34. The number of nitrogens with zero attached hydrogens (tertiary/aromatic N) is 1. The van der Waals surface area contributed by atoms with Crippen LogP contribution >= 0.6 is 11.6 Å². The molecule has 0 saturated heterocycles. The van der Waals surface area contributed by atoms with Gasteiger partial charge in [-0.2, -0.15) is 0 Å². The first-order valence-electron chi connectivity index (χ1n) is 7.83. The molecule has 0 aliphatic rings. The first-order valence-corrected chi connectivity index (χ1v) is 8.21. The Morgan fingerprint density at radius 3 is 2.17 bits per heavy atom. The van der Waals surface area contributed by atoms with Crippen molar-refractivity contribution in [3.8, 4) is 11.5 Å². The molecule has 2 nitrogen and oxygen atoms in total. The third kappa shape index (κ3) is 4.24.